The molecule has 1 amide bonds. The first-order chi connectivity index (χ1) is 32.2. The van der Waals surface area contributed by atoms with Gasteiger partial charge in [0.1, 0.15) is 0 Å². The van der Waals surface area contributed by atoms with Gasteiger partial charge in [0.25, 0.3) is 0 Å². The van der Waals surface area contributed by atoms with E-state index in [1.807, 2.05) is 0 Å². The van der Waals surface area contributed by atoms with Gasteiger partial charge in [-0.25, -0.2) is 0 Å². The Morgan fingerprint density at radius 2 is 0.631 bits per heavy atom. The highest BCUT2D eigenvalue weighted by atomic mass is 16.3. The molecule has 4 heteroatoms. The van der Waals surface area contributed by atoms with Crippen LogP contribution in [0.3, 0.4) is 0 Å². The van der Waals surface area contributed by atoms with Gasteiger partial charge in [-0.3, -0.25) is 4.79 Å². The van der Waals surface area contributed by atoms with Gasteiger partial charge < -0.3 is 15.5 Å². The fourth-order valence-electron chi connectivity index (χ4n) is 9.63. The Kier molecular flexibility index (Phi) is 56.2. The smallest absolute Gasteiger partial charge is 0.220 e. The van der Waals surface area contributed by atoms with Gasteiger partial charge in [0.05, 0.1) is 18.8 Å². The third kappa shape index (κ3) is 53.7. The molecule has 2 unspecified atom stereocenters. The zero-order chi connectivity index (χ0) is 47.0. The minimum Gasteiger partial charge on any atom is -0.394 e. The van der Waals surface area contributed by atoms with Crippen molar-refractivity contribution in [2.45, 2.75) is 353 Å². The maximum atomic E-state index is 12.5. The van der Waals surface area contributed by atoms with Gasteiger partial charge in [0.2, 0.25) is 5.91 Å². The zero-order valence-electron chi connectivity index (χ0n) is 44.5. The van der Waals surface area contributed by atoms with Gasteiger partial charge in [-0.05, 0) is 44.9 Å². The summed E-state index contributed by atoms with van der Waals surface area (Å²) in [6.45, 7) is 4.39. The summed E-state index contributed by atoms with van der Waals surface area (Å²) in [5, 5.41) is 23.4. The van der Waals surface area contributed by atoms with Gasteiger partial charge >= 0.3 is 0 Å². The summed E-state index contributed by atoms with van der Waals surface area (Å²) in [7, 11) is 0. The number of carbonyl (C=O) groups excluding carboxylic acids is 1. The lowest BCUT2D eigenvalue weighted by molar-refractivity contribution is -0.123. The first kappa shape index (κ1) is 63.9. The van der Waals surface area contributed by atoms with Crippen LogP contribution < -0.4 is 5.32 Å². The van der Waals surface area contributed by atoms with Crippen LogP contribution in [0.5, 0.6) is 0 Å². The minimum atomic E-state index is -0.661. The lowest BCUT2D eigenvalue weighted by atomic mass is 10.0. The average Bonchev–Trinajstić information content (AvgIpc) is 3.31. The molecule has 0 aromatic heterocycles. The molecule has 0 aliphatic carbocycles. The summed E-state index contributed by atoms with van der Waals surface area (Å²) in [5.74, 6) is -0.0281. The highest BCUT2D eigenvalue weighted by molar-refractivity contribution is 5.76. The number of hydrogen-bond donors (Lipinski definition) is 3. The molecule has 0 aromatic rings. The molecule has 0 radical (unpaired) electrons. The third-order valence-corrected chi connectivity index (χ3v) is 14.2. The summed E-state index contributed by atoms with van der Waals surface area (Å²) < 4.78 is 0. The summed E-state index contributed by atoms with van der Waals surface area (Å²) in [6, 6.07) is -0.537. The number of unbranched alkanes of at least 4 members (excludes halogenated alkanes) is 45. The topological polar surface area (TPSA) is 69.6 Å². The maximum absolute atomic E-state index is 12.5. The van der Waals surface area contributed by atoms with Crippen LogP contribution in [0.4, 0.5) is 0 Å². The van der Waals surface area contributed by atoms with E-state index in [-0.39, 0.29) is 12.5 Å². The normalized spacial score (nSPS) is 12.9. The lowest BCUT2D eigenvalue weighted by Gasteiger charge is -2.22. The number of allylic oxidation sites excluding steroid dienone is 4. The largest absolute Gasteiger partial charge is 0.394 e. The van der Waals surface area contributed by atoms with Gasteiger partial charge in [-0.1, -0.05) is 314 Å². The van der Waals surface area contributed by atoms with Crippen molar-refractivity contribution in [2.24, 2.45) is 0 Å². The Bertz CT molecular complexity index is 947. The van der Waals surface area contributed by atoms with E-state index in [0.717, 1.165) is 32.1 Å². The van der Waals surface area contributed by atoms with Crippen LogP contribution in [0, 0.1) is 0 Å². The minimum absolute atomic E-state index is 0.0281. The summed E-state index contributed by atoms with van der Waals surface area (Å²) in [4.78, 5) is 12.5. The number of rotatable bonds is 56. The molecule has 3 N–H and O–H groups in total. The molecular formula is C61H119NO3. The van der Waals surface area contributed by atoms with Crippen molar-refractivity contribution in [3.63, 3.8) is 0 Å². The maximum Gasteiger partial charge on any atom is 0.220 e. The van der Waals surface area contributed by atoms with Crippen LogP contribution >= 0.6 is 0 Å². The molecule has 0 aliphatic heterocycles. The number of amides is 1. The Balaban J connectivity index is 3.41. The molecule has 65 heavy (non-hydrogen) atoms. The molecular weight excluding hydrogens is 795 g/mol. The van der Waals surface area contributed by atoms with E-state index in [9.17, 15) is 15.0 Å². The Hall–Kier alpha value is -1.13. The van der Waals surface area contributed by atoms with Crippen LogP contribution in [-0.2, 0) is 4.79 Å². The second kappa shape index (κ2) is 57.2. The van der Waals surface area contributed by atoms with Crippen molar-refractivity contribution in [1.82, 2.24) is 5.32 Å². The Morgan fingerprint density at radius 3 is 0.923 bits per heavy atom. The molecule has 2 atom stereocenters. The Morgan fingerprint density at radius 1 is 0.369 bits per heavy atom. The molecule has 0 bridgehead atoms. The van der Waals surface area contributed by atoms with E-state index in [0.29, 0.717) is 12.8 Å². The number of carbonyl (C=O) groups is 1. The van der Waals surface area contributed by atoms with Crippen LogP contribution in [-0.4, -0.2) is 34.9 Å². The van der Waals surface area contributed by atoms with Crippen molar-refractivity contribution < 1.29 is 15.0 Å². The van der Waals surface area contributed by atoms with Crippen molar-refractivity contribution in [1.29, 1.82) is 0 Å². The van der Waals surface area contributed by atoms with Crippen molar-refractivity contribution in [2.75, 3.05) is 6.61 Å². The van der Waals surface area contributed by atoms with Crippen LogP contribution in [0.15, 0.2) is 24.3 Å². The molecule has 0 fully saturated rings. The van der Waals surface area contributed by atoms with Gasteiger partial charge in [0, 0.05) is 6.42 Å². The second-order valence-corrected chi connectivity index (χ2v) is 20.8. The average molecular weight is 915 g/mol. The lowest BCUT2D eigenvalue weighted by Crippen LogP contribution is -2.45. The monoisotopic (exact) mass is 914 g/mol. The van der Waals surface area contributed by atoms with Crippen LogP contribution in [0.25, 0.3) is 0 Å². The summed E-state index contributed by atoms with van der Waals surface area (Å²) >= 11 is 0. The van der Waals surface area contributed by atoms with E-state index in [2.05, 4.69) is 43.5 Å². The van der Waals surface area contributed by atoms with E-state index >= 15 is 0 Å². The van der Waals surface area contributed by atoms with E-state index in [1.165, 1.54) is 283 Å². The molecule has 0 rings (SSSR count). The molecule has 0 aliphatic rings. The number of hydrogen-bond acceptors (Lipinski definition) is 3. The highest BCUT2D eigenvalue weighted by Gasteiger charge is 2.20. The number of aliphatic hydroxyl groups excluding tert-OH is 2. The van der Waals surface area contributed by atoms with Gasteiger partial charge in [0.15, 0.2) is 0 Å². The first-order valence-electron chi connectivity index (χ1n) is 30.0. The number of aliphatic hydroxyl groups is 2. The fraction of sp³-hybridized carbons (Fsp3) is 0.918. The van der Waals surface area contributed by atoms with E-state index in [1.54, 1.807) is 0 Å². The van der Waals surface area contributed by atoms with E-state index in [4.69, 9.17) is 0 Å². The predicted molar refractivity (Wildman–Crippen MR) is 290 cm³/mol. The molecule has 0 aromatic carbocycles. The second-order valence-electron chi connectivity index (χ2n) is 20.8. The van der Waals surface area contributed by atoms with Crippen LogP contribution in [0.1, 0.15) is 341 Å². The van der Waals surface area contributed by atoms with Crippen molar-refractivity contribution >= 4 is 5.91 Å². The van der Waals surface area contributed by atoms with Crippen molar-refractivity contribution in [3.8, 4) is 0 Å². The number of nitrogens with one attached hydrogen (secondary N) is 1. The summed E-state index contributed by atoms with van der Waals surface area (Å²) in [5.41, 5.74) is 0. The SMILES string of the molecule is CCCCCCC/C=C\C/C=C\CCCCCCCCCCCCCC(=O)NC(CO)C(O)CCCCCCCCCCCCCCCCCCCCCCCCCCCCCCCC. The van der Waals surface area contributed by atoms with E-state index < -0.39 is 12.1 Å². The molecule has 386 valence electrons. The first-order valence-corrected chi connectivity index (χ1v) is 30.0. The standard InChI is InChI=1S/C61H119NO3/c1-3-5-7-9-11-13-15-17-19-21-23-25-27-28-29-30-31-32-33-35-36-38-40-42-44-46-48-50-52-54-56-60(64)59(58-63)62-61(65)57-55-53-51-49-47-45-43-41-39-37-34-26-24-22-20-18-16-14-12-10-8-6-4-2/h16,18,22,24,59-60,63-64H,3-15,17,19-21,23,25-58H2,1-2H3,(H,62,65)/b18-16-,24-22-. The molecule has 0 saturated heterocycles. The van der Waals surface area contributed by atoms with Crippen LogP contribution in [0.2, 0.25) is 0 Å². The quantitative estimate of drug-likeness (QED) is 0.0421. The van der Waals surface area contributed by atoms with Crippen molar-refractivity contribution in [3.05, 3.63) is 24.3 Å². The Labute approximate surface area is 409 Å². The fourth-order valence-corrected chi connectivity index (χ4v) is 9.63. The van der Waals surface area contributed by atoms with Gasteiger partial charge in [-0.15, -0.1) is 0 Å². The molecule has 0 spiro atoms. The van der Waals surface area contributed by atoms with Gasteiger partial charge in [-0.2, -0.15) is 0 Å². The molecule has 4 nitrogen and oxygen atoms in total. The predicted octanol–water partition coefficient (Wildman–Crippen LogP) is 19.9. The highest BCUT2D eigenvalue weighted by Crippen LogP contribution is 2.18. The third-order valence-electron chi connectivity index (χ3n) is 14.2. The molecule has 0 heterocycles. The molecule has 0 saturated carbocycles. The summed E-state index contributed by atoms with van der Waals surface area (Å²) in [6.07, 6.45) is 76.1. The zero-order valence-corrected chi connectivity index (χ0v) is 44.5.